The Kier molecular flexibility index (Phi) is 1.07. The SMILES string of the molecule is N[C@H]1C[C@H]2C[C@@H]1[C@@H]1C=CC[C@H]21. The molecule has 1 heteroatoms. The van der Waals surface area contributed by atoms with Crippen LogP contribution in [0.1, 0.15) is 19.3 Å². The normalized spacial score (nSPS) is 58.8. The molecule has 0 unspecified atom stereocenters. The molecule has 0 heterocycles. The van der Waals surface area contributed by atoms with Crippen LogP contribution in [0.4, 0.5) is 0 Å². The van der Waals surface area contributed by atoms with Gasteiger partial charge in [0.1, 0.15) is 0 Å². The molecule has 60 valence electrons. The van der Waals surface area contributed by atoms with E-state index < -0.39 is 0 Å². The van der Waals surface area contributed by atoms with Crippen molar-refractivity contribution in [2.45, 2.75) is 25.3 Å². The van der Waals surface area contributed by atoms with Crippen molar-refractivity contribution in [1.82, 2.24) is 0 Å². The van der Waals surface area contributed by atoms with Crippen molar-refractivity contribution in [2.75, 3.05) is 0 Å². The molecule has 2 N–H and O–H groups in total. The van der Waals surface area contributed by atoms with Gasteiger partial charge < -0.3 is 5.73 Å². The maximum absolute atomic E-state index is 6.04. The summed E-state index contributed by atoms with van der Waals surface area (Å²) < 4.78 is 0. The Morgan fingerprint density at radius 1 is 1.18 bits per heavy atom. The Morgan fingerprint density at radius 2 is 2.09 bits per heavy atom. The molecule has 1 nitrogen and oxygen atoms in total. The third-order valence-corrected chi connectivity index (χ3v) is 4.06. The number of hydrogen-bond acceptors (Lipinski definition) is 1. The Labute approximate surface area is 67.7 Å². The number of rotatable bonds is 0. The van der Waals surface area contributed by atoms with E-state index in [2.05, 4.69) is 12.2 Å². The standard InChI is InChI=1S/C10H15N/c11-10-5-6-4-9(10)8-3-1-2-7(6)8/h1,3,6-10H,2,4-5,11H2/t6-,7-,8-,9-,10+/m1/s1. The van der Waals surface area contributed by atoms with Crippen molar-refractivity contribution >= 4 is 0 Å². The molecule has 5 atom stereocenters. The van der Waals surface area contributed by atoms with Gasteiger partial charge >= 0.3 is 0 Å². The quantitative estimate of drug-likeness (QED) is 0.519. The minimum atomic E-state index is 0.531. The van der Waals surface area contributed by atoms with Crippen LogP contribution in [0.3, 0.4) is 0 Å². The molecule has 0 aromatic carbocycles. The van der Waals surface area contributed by atoms with Gasteiger partial charge in [-0.05, 0) is 42.9 Å². The van der Waals surface area contributed by atoms with E-state index in [0.29, 0.717) is 6.04 Å². The zero-order chi connectivity index (χ0) is 7.42. The molecule has 2 saturated carbocycles. The predicted octanol–water partition coefficient (Wildman–Crippen LogP) is 1.55. The maximum atomic E-state index is 6.04. The van der Waals surface area contributed by atoms with Crippen LogP contribution in [0.25, 0.3) is 0 Å². The molecule has 0 aliphatic heterocycles. The van der Waals surface area contributed by atoms with Crippen LogP contribution in [0.2, 0.25) is 0 Å². The lowest BCUT2D eigenvalue weighted by molar-refractivity contribution is 0.258. The summed E-state index contributed by atoms with van der Waals surface area (Å²) in [5.74, 6) is 3.71. The number of fused-ring (bicyclic) bond motifs is 5. The molecule has 0 radical (unpaired) electrons. The zero-order valence-electron chi connectivity index (χ0n) is 6.74. The molecule has 2 bridgehead atoms. The van der Waals surface area contributed by atoms with Crippen molar-refractivity contribution in [3.05, 3.63) is 12.2 Å². The van der Waals surface area contributed by atoms with Gasteiger partial charge in [0.2, 0.25) is 0 Å². The van der Waals surface area contributed by atoms with Gasteiger partial charge in [0.15, 0.2) is 0 Å². The summed E-state index contributed by atoms with van der Waals surface area (Å²) in [6, 6.07) is 0.531. The first-order valence-electron chi connectivity index (χ1n) is 4.78. The van der Waals surface area contributed by atoms with Crippen molar-refractivity contribution in [1.29, 1.82) is 0 Å². The Morgan fingerprint density at radius 3 is 3.00 bits per heavy atom. The van der Waals surface area contributed by atoms with E-state index in [4.69, 9.17) is 5.73 Å². The van der Waals surface area contributed by atoms with Gasteiger partial charge in [-0.15, -0.1) is 0 Å². The van der Waals surface area contributed by atoms with Gasteiger partial charge in [0.05, 0.1) is 0 Å². The van der Waals surface area contributed by atoms with Gasteiger partial charge in [-0.25, -0.2) is 0 Å². The van der Waals surface area contributed by atoms with Gasteiger partial charge in [0, 0.05) is 6.04 Å². The van der Waals surface area contributed by atoms with Gasteiger partial charge in [-0.2, -0.15) is 0 Å². The first-order chi connectivity index (χ1) is 5.36. The Bertz CT molecular complexity index is 209. The molecule has 0 amide bonds. The predicted molar refractivity (Wildman–Crippen MR) is 44.9 cm³/mol. The van der Waals surface area contributed by atoms with Crippen molar-refractivity contribution in [3.8, 4) is 0 Å². The van der Waals surface area contributed by atoms with Crippen LogP contribution in [-0.2, 0) is 0 Å². The molecular formula is C10H15N. The molecule has 0 aromatic rings. The van der Waals surface area contributed by atoms with Crippen LogP contribution in [0.15, 0.2) is 12.2 Å². The van der Waals surface area contributed by atoms with E-state index in [1.807, 2.05) is 0 Å². The number of hydrogen-bond donors (Lipinski definition) is 1. The molecule has 0 aromatic heterocycles. The highest BCUT2D eigenvalue weighted by Crippen LogP contribution is 2.55. The molecule has 0 saturated heterocycles. The third-order valence-electron chi connectivity index (χ3n) is 4.06. The third kappa shape index (κ3) is 0.652. The summed E-state index contributed by atoms with van der Waals surface area (Å²) in [4.78, 5) is 0. The number of allylic oxidation sites excluding steroid dienone is 2. The van der Waals surface area contributed by atoms with Crippen LogP contribution in [0, 0.1) is 23.7 Å². The monoisotopic (exact) mass is 149 g/mol. The van der Waals surface area contributed by atoms with E-state index in [-0.39, 0.29) is 0 Å². The average molecular weight is 149 g/mol. The van der Waals surface area contributed by atoms with E-state index >= 15 is 0 Å². The zero-order valence-corrected chi connectivity index (χ0v) is 6.74. The minimum Gasteiger partial charge on any atom is -0.327 e. The van der Waals surface area contributed by atoms with Gasteiger partial charge in [-0.1, -0.05) is 12.2 Å². The highest BCUT2D eigenvalue weighted by molar-refractivity contribution is 5.14. The van der Waals surface area contributed by atoms with Crippen molar-refractivity contribution < 1.29 is 0 Å². The minimum absolute atomic E-state index is 0.531. The van der Waals surface area contributed by atoms with Crippen LogP contribution < -0.4 is 5.73 Å². The fraction of sp³-hybridized carbons (Fsp3) is 0.800. The average Bonchev–Trinajstić information content (AvgIpc) is 2.52. The summed E-state index contributed by atoms with van der Waals surface area (Å²) in [5.41, 5.74) is 6.04. The van der Waals surface area contributed by atoms with Crippen molar-refractivity contribution in [3.63, 3.8) is 0 Å². The molecule has 3 aliphatic rings. The second kappa shape index (κ2) is 1.89. The van der Waals surface area contributed by atoms with E-state index in [9.17, 15) is 0 Å². The topological polar surface area (TPSA) is 26.0 Å². The molecule has 3 rings (SSSR count). The Balaban J connectivity index is 1.94. The first-order valence-corrected chi connectivity index (χ1v) is 4.78. The summed E-state index contributed by atoms with van der Waals surface area (Å²) in [5, 5.41) is 0. The van der Waals surface area contributed by atoms with Crippen LogP contribution in [-0.4, -0.2) is 6.04 Å². The molecule has 11 heavy (non-hydrogen) atoms. The fourth-order valence-electron chi connectivity index (χ4n) is 3.60. The lowest BCUT2D eigenvalue weighted by Gasteiger charge is -2.28. The Hall–Kier alpha value is -0.300. The molecular weight excluding hydrogens is 134 g/mol. The molecule has 2 fully saturated rings. The lowest BCUT2D eigenvalue weighted by Crippen LogP contribution is -2.34. The molecule has 3 aliphatic carbocycles. The van der Waals surface area contributed by atoms with E-state index in [0.717, 1.165) is 23.7 Å². The van der Waals surface area contributed by atoms with E-state index in [1.54, 1.807) is 0 Å². The summed E-state index contributed by atoms with van der Waals surface area (Å²) >= 11 is 0. The summed E-state index contributed by atoms with van der Waals surface area (Å²) in [6.07, 6.45) is 8.88. The lowest BCUT2D eigenvalue weighted by atomic mass is 9.79. The molecule has 0 spiro atoms. The maximum Gasteiger partial charge on any atom is 0.00757 e. The second-order valence-corrected chi connectivity index (χ2v) is 4.46. The largest absolute Gasteiger partial charge is 0.327 e. The first kappa shape index (κ1) is 6.24. The number of nitrogens with two attached hydrogens (primary N) is 1. The van der Waals surface area contributed by atoms with E-state index in [1.165, 1.54) is 19.3 Å². The smallest absolute Gasteiger partial charge is 0.00757 e. The summed E-state index contributed by atoms with van der Waals surface area (Å²) in [6.45, 7) is 0. The highest BCUT2D eigenvalue weighted by Gasteiger charge is 2.50. The highest BCUT2D eigenvalue weighted by atomic mass is 14.7. The fourth-order valence-corrected chi connectivity index (χ4v) is 3.60. The van der Waals surface area contributed by atoms with Crippen LogP contribution >= 0.6 is 0 Å². The van der Waals surface area contributed by atoms with Crippen molar-refractivity contribution in [2.24, 2.45) is 29.4 Å². The second-order valence-electron chi connectivity index (χ2n) is 4.46. The van der Waals surface area contributed by atoms with Gasteiger partial charge in [0.25, 0.3) is 0 Å². The summed E-state index contributed by atoms with van der Waals surface area (Å²) in [7, 11) is 0. The van der Waals surface area contributed by atoms with Gasteiger partial charge in [-0.3, -0.25) is 0 Å². The van der Waals surface area contributed by atoms with Crippen LogP contribution in [0.5, 0.6) is 0 Å².